The van der Waals surface area contributed by atoms with Crippen LogP contribution in [0.5, 0.6) is 0 Å². The van der Waals surface area contributed by atoms with Gasteiger partial charge in [-0.2, -0.15) is 0 Å². The van der Waals surface area contributed by atoms with Crippen LogP contribution in [0.3, 0.4) is 0 Å². The minimum Gasteiger partial charge on any atom is -0.392 e. The number of likely N-dealkylation sites (N-methyl/N-ethyl adjacent to an activating group) is 1. The van der Waals surface area contributed by atoms with Gasteiger partial charge in [-0.3, -0.25) is 0 Å². The fourth-order valence-electron chi connectivity index (χ4n) is 1.49. The predicted molar refractivity (Wildman–Crippen MR) is 54.7 cm³/mol. The first kappa shape index (κ1) is 12.9. The Morgan fingerprint density at radius 3 is 2.08 bits per heavy atom. The van der Waals surface area contributed by atoms with Crippen LogP contribution < -0.4 is 0 Å². The van der Waals surface area contributed by atoms with Gasteiger partial charge in [0.2, 0.25) is 0 Å². The Morgan fingerprint density at radius 1 is 1.31 bits per heavy atom. The summed E-state index contributed by atoms with van der Waals surface area (Å²) in [6, 6.07) is 0. The number of hydrogen-bond acceptors (Lipinski definition) is 3. The molecular formula is C10H23NO2. The first-order chi connectivity index (χ1) is 5.93. The third-order valence-electron chi connectivity index (χ3n) is 2.46. The van der Waals surface area contributed by atoms with Gasteiger partial charge < -0.3 is 15.1 Å². The zero-order valence-electron chi connectivity index (χ0n) is 9.25. The van der Waals surface area contributed by atoms with E-state index in [1.807, 2.05) is 25.8 Å². The van der Waals surface area contributed by atoms with Crippen molar-refractivity contribution >= 4 is 0 Å². The quantitative estimate of drug-likeness (QED) is 0.651. The number of aliphatic hydroxyl groups is 2. The first-order valence-corrected chi connectivity index (χ1v) is 5.02. The summed E-state index contributed by atoms with van der Waals surface area (Å²) in [5.74, 6) is 0. The molecule has 80 valence electrons. The highest BCUT2D eigenvalue weighted by atomic mass is 16.3. The summed E-state index contributed by atoms with van der Waals surface area (Å²) in [5.41, 5.74) is -0.594. The highest BCUT2D eigenvalue weighted by Gasteiger charge is 2.24. The largest absolute Gasteiger partial charge is 0.392 e. The second-order valence-electron chi connectivity index (χ2n) is 3.98. The predicted octanol–water partition coefficient (Wildman–Crippen LogP) is 0.850. The summed E-state index contributed by atoms with van der Waals surface area (Å²) < 4.78 is 0. The molecule has 0 bridgehead atoms. The van der Waals surface area contributed by atoms with Crippen LogP contribution in [0, 0.1) is 0 Å². The van der Waals surface area contributed by atoms with Crippen LogP contribution in [0.1, 0.15) is 33.6 Å². The molecule has 0 heterocycles. The normalized spacial score (nSPS) is 15.0. The van der Waals surface area contributed by atoms with Crippen molar-refractivity contribution in [3.63, 3.8) is 0 Å². The molecule has 0 fully saturated rings. The minimum absolute atomic E-state index is 0.331. The number of aliphatic hydroxyl groups excluding tert-OH is 1. The van der Waals surface area contributed by atoms with Gasteiger partial charge in [-0.05, 0) is 26.8 Å². The third-order valence-corrected chi connectivity index (χ3v) is 2.46. The van der Waals surface area contributed by atoms with Crippen LogP contribution in [-0.2, 0) is 0 Å². The lowest BCUT2D eigenvalue weighted by Crippen LogP contribution is -2.42. The van der Waals surface area contributed by atoms with Crippen LogP contribution in [0.4, 0.5) is 0 Å². The Kier molecular flexibility index (Phi) is 5.53. The Morgan fingerprint density at radius 2 is 1.77 bits per heavy atom. The van der Waals surface area contributed by atoms with E-state index in [0.29, 0.717) is 13.1 Å². The topological polar surface area (TPSA) is 43.7 Å². The fourth-order valence-corrected chi connectivity index (χ4v) is 1.49. The Hall–Kier alpha value is -0.120. The highest BCUT2D eigenvalue weighted by molar-refractivity contribution is 4.78. The smallest absolute Gasteiger partial charge is 0.0768 e. The molecule has 13 heavy (non-hydrogen) atoms. The fraction of sp³-hybridized carbons (Fsp3) is 1.00. The molecule has 0 saturated heterocycles. The van der Waals surface area contributed by atoms with E-state index < -0.39 is 5.60 Å². The SMILES string of the molecule is CCC(O)(CC)CN(C)CC(C)O. The van der Waals surface area contributed by atoms with Crippen molar-refractivity contribution in [1.82, 2.24) is 4.90 Å². The average Bonchev–Trinajstić information content (AvgIpc) is 2.02. The summed E-state index contributed by atoms with van der Waals surface area (Å²) in [7, 11) is 1.92. The number of hydrogen-bond donors (Lipinski definition) is 2. The molecule has 0 spiro atoms. The van der Waals surface area contributed by atoms with Crippen molar-refractivity contribution < 1.29 is 10.2 Å². The zero-order chi connectivity index (χ0) is 10.5. The van der Waals surface area contributed by atoms with Gasteiger partial charge >= 0.3 is 0 Å². The molecule has 0 aromatic rings. The van der Waals surface area contributed by atoms with Crippen molar-refractivity contribution in [2.75, 3.05) is 20.1 Å². The van der Waals surface area contributed by atoms with Crippen molar-refractivity contribution in [2.45, 2.75) is 45.3 Å². The maximum atomic E-state index is 9.99. The molecule has 0 aromatic heterocycles. The van der Waals surface area contributed by atoms with E-state index in [9.17, 15) is 5.11 Å². The average molecular weight is 189 g/mol. The minimum atomic E-state index is -0.594. The van der Waals surface area contributed by atoms with E-state index in [-0.39, 0.29) is 6.10 Å². The van der Waals surface area contributed by atoms with Gasteiger partial charge in [0.25, 0.3) is 0 Å². The van der Waals surface area contributed by atoms with E-state index in [1.54, 1.807) is 6.92 Å². The monoisotopic (exact) mass is 189 g/mol. The summed E-state index contributed by atoms with van der Waals surface area (Å²) in [6.45, 7) is 6.97. The number of nitrogens with zero attached hydrogens (tertiary/aromatic N) is 1. The van der Waals surface area contributed by atoms with Gasteiger partial charge in [0.05, 0.1) is 11.7 Å². The first-order valence-electron chi connectivity index (χ1n) is 5.02. The lowest BCUT2D eigenvalue weighted by atomic mass is 9.97. The summed E-state index contributed by atoms with van der Waals surface area (Å²) in [4.78, 5) is 1.97. The lowest BCUT2D eigenvalue weighted by Gasteiger charge is -2.31. The molecular weight excluding hydrogens is 166 g/mol. The van der Waals surface area contributed by atoms with E-state index in [0.717, 1.165) is 12.8 Å². The molecule has 0 radical (unpaired) electrons. The van der Waals surface area contributed by atoms with Gasteiger partial charge in [-0.25, -0.2) is 0 Å². The molecule has 0 aliphatic rings. The second kappa shape index (κ2) is 5.58. The summed E-state index contributed by atoms with van der Waals surface area (Å²) in [5, 5.41) is 19.1. The van der Waals surface area contributed by atoms with Gasteiger partial charge in [0.1, 0.15) is 0 Å². The zero-order valence-corrected chi connectivity index (χ0v) is 9.25. The summed E-state index contributed by atoms with van der Waals surface area (Å²) >= 11 is 0. The second-order valence-corrected chi connectivity index (χ2v) is 3.98. The molecule has 3 nitrogen and oxygen atoms in total. The Bertz CT molecular complexity index is 133. The molecule has 0 amide bonds. The van der Waals surface area contributed by atoms with E-state index >= 15 is 0 Å². The van der Waals surface area contributed by atoms with Crippen LogP contribution in [0.25, 0.3) is 0 Å². The van der Waals surface area contributed by atoms with Crippen molar-refractivity contribution in [1.29, 1.82) is 0 Å². The molecule has 2 N–H and O–H groups in total. The van der Waals surface area contributed by atoms with Crippen LogP contribution in [0.15, 0.2) is 0 Å². The molecule has 3 heteroatoms. The van der Waals surface area contributed by atoms with Crippen molar-refractivity contribution in [2.24, 2.45) is 0 Å². The van der Waals surface area contributed by atoms with Crippen LogP contribution in [0.2, 0.25) is 0 Å². The standard InChI is InChI=1S/C10H23NO2/c1-5-10(13,6-2)8-11(4)7-9(3)12/h9,12-13H,5-8H2,1-4H3. The van der Waals surface area contributed by atoms with Gasteiger partial charge in [-0.1, -0.05) is 13.8 Å². The maximum absolute atomic E-state index is 9.99. The maximum Gasteiger partial charge on any atom is 0.0768 e. The Labute approximate surface area is 81.4 Å². The highest BCUT2D eigenvalue weighted by Crippen LogP contribution is 2.15. The van der Waals surface area contributed by atoms with Gasteiger partial charge in [0.15, 0.2) is 0 Å². The summed E-state index contributed by atoms with van der Waals surface area (Å²) in [6.07, 6.45) is 1.18. The van der Waals surface area contributed by atoms with Gasteiger partial charge in [0, 0.05) is 13.1 Å². The molecule has 1 atom stereocenters. The lowest BCUT2D eigenvalue weighted by molar-refractivity contribution is -0.00506. The molecule has 0 rings (SSSR count). The van der Waals surface area contributed by atoms with Crippen LogP contribution >= 0.6 is 0 Å². The van der Waals surface area contributed by atoms with E-state index in [2.05, 4.69) is 0 Å². The molecule has 0 saturated carbocycles. The molecule has 0 aliphatic heterocycles. The van der Waals surface area contributed by atoms with E-state index in [1.165, 1.54) is 0 Å². The third kappa shape index (κ3) is 5.24. The van der Waals surface area contributed by atoms with Crippen LogP contribution in [-0.4, -0.2) is 47.0 Å². The molecule has 1 unspecified atom stereocenters. The van der Waals surface area contributed by atoms with Crippen molar-refractivity contribution in [3.8, 4) is 0 Å². The Balaban J connectivity index is 3.94. The molecule has 0 aromatic carbocycles. The van der Waals surface area contributed by atoms with Crippen molar-refractivity contribution in [3.05, 3.63) is 0 Å². The van der Waals surface area contributed by atoms with E-state index in [4.69, 9.17) is 5.11 Å². The van der Waals surface area contributed by atoms with Gasteiger partial charge in [-0.15, -0.1) is 0 Å². The number of rotatable bonds is 6. The molecule has 0 aliphatic carbocycles.